The van der Waals surface area contributed by atoms with Gasteiger partial charge in [-0.15, -0.1) is 0 Å². The molecule has 1 aromatic carbocycles. The van der Waals surface area contributed by atoms with Gasteiger partial charge in [-0.25, -0.2) is 4.98 Å². The lowest BCUT2D eigenvalue weighted by atomic mass is 10.1. The molecule has 3 heterocycles. The Labute approximate surface area is 166 Å². The van der Waals surface area contributed by atoms with E-state index in [1.165, 1.54) is 5.69 Å². The molecule has 1 aromatic heterocycles. The number of hydrogen-bond donors (Lipinski definition) is 0. The minimum Gasteiger partial charge on any atom is -0.368 e. The number of nitrogens with zero attached hydrogens (tertiary/aromatic N) is 7. The highest BCUT2D eigenvalue weighted by Crippen LogP contribution is 2.23. The first-order valence-electron chi connectivity index (χ1n) is 9.91. The third kappa shape index (κ3) is 3.87. The van der Waals surface area contributed by atoms with Gasteiger partial charge < -0.3 is 19.6 Å². The highest BCUT2D eigenvalue weighted by atomic mass is 15.3. The van der Waals surface area contributed by atoms with Gasteiger partial charge in [0.15, 0.2) is 0 Å². The highest BCUT2D eigenvalue weighted by molar-refractivity contribution is 5.55. The van der Waals surface area contributed by atoms with E-state index in [1.54, 1.807) is 0 Å². The van der Waals surface area contributed by atoms with E-state index in [-0.39, 0.29) is 0 Å². The van der Waals surface area contributed by atoms with Crippen LogP contribution in [0.1, 0.15) is 11.1 Å². The molecular formula is C21H27N7. The number of hydrogen-bond acceptors (Lipinski definition) is 7. The van der Waals surface area contributed by atoms with Crippen molar-refractivity contribution in [3.8, 4) is 6.07 Å². The van der Waals surface area contributed by atoms with Crippen molar-refractivity contribution in [2.45, 2.75) is 6.92 Å². The largest absolute Gasteiger partial charge is 0.368 e. The summed E-state index contributed by atoms with van der Waals surface area (Å²) in [5, 5.41) is 9.12. The monoisotopic (exact) mass is 377 g/mol. The predicted molar refractivity (Wildman–Crippen MR) is 112 cm³/mol. The fraction of sp³-hybridized carbons (Fsp3) is 0.476. The predicted octanol–water partition coefficient (Wildman–Crippen LogP) is 1.74. The lowest BCUT2D eigenvalue weighted by Gasteiger charge is -2.37. The molecular weight excluding hydrogens is 350 g/mol. The van der Waals surface area contributed by atoms with E-state index in [0.29, 0.717) is 0 Å². The summed E-state index contributed by atoms with van der Waals surface area (Å²) in [5.41, 5.74) is 2.98. The maximum atomic E-state index is 9.12. The zero-order chi connectivity index (χ0) is 19.5. The van der Waals surface area contributed by atoms with Crippen molar-refractivity contribution in [1.29, 1.82) is 5.26 Å². The van der Waals surface area contributed by atoms with Gasteiger partial charge in [0.2, 0.25) is 5.95 Å². The molecule has 0 atom stereocenters. The number of nitriles is 1. The maximum Gasteiger partial charge on any atom is 0.227 e. The van der Waals surface area contributed by atoms with Crippen molar-refractivity contribution in [3.63, 3.8) is 0 Å². The van der Waals surface area contributed by atoms with Crippen LogP contribution in [0.2, 0.25) is 0 Å². The molecule has 2 fully saturated rings. The number of piperazine rings is 2. The van der Waals surface area contributed by atoms with Gasteiger partial charge in [0.25, 0.3) is 0 Å². The first-order valence-corrected chi connectivity index (χ1v) is 9.91. The van der Waals surface area contributed by atoms with Crippen molar-refractivity contribution >= 4 is 17.5 Å². The zero-order valence-electron chi connectivity index (χ0n) is 16.7. The second-order valence-electron chi connectivity index (χ2n) is 7.59. The van der Waals surface area contributed by atoms with Crippen LogP contribution in [0.25, 0.3) is 0 Å². The summed E-state index contributed by atoms with van der Waals surface area (Å²) in [5.74, 6) is 1.86. The molecule has 0 bridgehead atoms. The molecule has 146 valence electrons. The Balaban J connectivity index is 1.41. The van der Waals surface area contributed by atoms with Gasteiger partial charge in [0.05, 0.1) is 11.6 Å². The van der Waals surface area contributed by atoms with Crippen LogP contribution in [-0.2, 0) is 0 Å². The van der Waals surface area contributed by atoms with Crippen molar-refractivity contribution in [2.75, 3.05) is 74.1 Å². The molecule has 0 amide bonds. The van der Waals surface area contributed by atoms with Gasteiger partial charge in [-0.2, -0.15) is 10.2 Å². The Bertz CT molecular complexity index is 859. The molecule has 0 aliphatic carbocycles. The minimum atomic E-state index is 0.750. The summed E-state index contributed by atoms with van der Waals surface area (Å²) in [6.07, 6.45) is 1.88. The van der Waals surface area contributed by atoms with Crippen molar-refractivity contribution in [3.05, 3.63) is 41.6 Å². The molecule has 2 aliphatic heterocycles. The van der Waals surface area contributed by atoms with Crippen LogP contribution in [0.4, 0.5) is 17.5 Å². The second-order valence-corrected chi connectivity index (χ2v) is 7.59. The molecule has 7 heteroatoms. The first kappa shape index (κ1) is 18.5. The number of benzene rings is 1. The van der Waals surface area contributed by atoms with E-state index < -0.39 is 0 Å². The Morgan fingerprint density at radius 3 is 2.25 bits per heavy atom. The SMILES string of the molecule is Cc1cc(N2CCN(c3ccnc(N4CCN(C)CC4)n3)CC2)ccc1C#N. The molecule has 2 aliphatic rings. The number of aryl methyl sites for hydroxylation is 1. The molecule has 28 heavy (non-hydrogen) atoms. The molecule has 7 nitrogen and oxygen atoms in total. The van der Waals surface area contributed by atoms with Crippen LogP contribution in [0.3, 0.4) is 0 Å². The summed E-state index contributed by atoms with van der Waals surface area (Å²) < 4.78 is 0. The van der Waals surface area contributed by atoms with Crippen molar-refractivity contribution in [1.82, 2.24) is 14.9 Å². The normalized spacial score (nSPS) is 18.2. The molecule has 0 unspecified atom stereocenters. The Hall–Kier alpha value is -2.85. The molecule has 0 saturated carbocycles. The standard InChI is InChI=1S/C21H27N7/c1-17-15-19(4-3-18(17)16-22)26-11-13-27(14-12-26)20-5-6-23-21(24-20)28-9-7-25(2)8-10-28/h3-6,15H,7-14H2,1-2H3. The van der Waals surface area contributed by atoms with E-state index >= 15 is 0 Å². The van der Waals surface area contributed by atoms with Crippen LogP contribution >= 0.6 is 0 Å². The summed E-state index contributed by atoms with van der Waals surface area (Å²) in [7, 11) is 2.16. The zero-order valence-corrected chi connectivity index (χ0v) is 16.7. The van der Waals surface area contributed by atoms with Gasteiger partial charge in [-0.3, -0.25) is 0 Å². The molecule has 0 N–H and O–H groups in total. The van der Waals surface area contributed by atoms with Crippen LogP contribution in [0, 0.1) is 18.3 Å². The van der Waals surface area contributed by atoms with Gasteiger partial charge in [0, 0.05) is 64.2 Å². The van der Waals surface area contributed by atoms with Crippen LogP contribution in [0.5, 0.6) is 0 Å². The van der Waals surface area contributed by atoms with E-state index in [1.807, 2.05) is 25.3 Å². The molecule has 2 saturated heterocycles. The average Bonchev–Trinajstić information content (AvgIpc) is 2.74. The Morgan fingerprint density at radius 2 is 1.57 bits per heavy atom. The van der Waals surface area contributed by atoms with E-state index in [4.69, 9.17) is 10.2 Å². The number of anilines is 3. The van der Waals surface area contributed by atoms with Gasteiger partial charge in [-0.05, 0) is 43.8 Å². The lowest BCUT2D eigenvalue weighted by Crippen LogP contribution is -2.47. The summed E-state index contributed by atoms with van der Waals surface area (Å²) >= 11 is 0. The molecule has 2 aromatic rings. The first-order chi connectivity index (χ1) is 13.6. The van der Waals surface area contributed by atoms with Gasteiger partial charge in [0.1, 0.15) is 5.82 Å². The second kappa shape index (κ2) is 8.03. The molecule has 0 radical (unpaired) electrons. The third-order valence-corrected chi connectivity index (χ3v) is 5.71. The Kier molecular flexibility index (Phi) is 5.31. The summed E-state index contributed by atoms with van der Waals surface area (Å²) in [6.45, 7) is 9.80. The molecule has 4 rings (SSSR count). The van der Waals surface area contributed by atoms with Crippen LogP contribution in [0.15, 0.2) is 30.5 Å². The van der Waals surface area contributed by atoms with Crippen molar-refractivity contribution in [2.24, 2.45) is 0 Å². The van der Waals surface area contributed by atoms with Crippen LogP contribution in [-0.4, -0.2) is 74.3 Å². The van der Waals surface area contributed by atoms with Gasteiger partial charge in [-0.1, -0.05) is 0 Å². The third-order valence-electron chi connectivity index (χ3n) is 5.71. The smallest absolute Gasteiger partial charge is 0.227 e. The van der Waals surface area contributed by atoms with E-state index in [9.17, 15) is 0 Å². The lowest BCUT2D eigenvalue weighted by molar-refractivity contribution is 0.311. The number of aromatic nitrogens is 2. The van der Waals surface area contributed by atoms with E-state index in [0.717, 1.165) is 75.3 Å². The quantitative estimate of drug-likeness (QED) is 0.807. The van der Waals surface area contributed by atoms with Crippen molar-refractivity contribution < 1.29 is 0 Å². The highest BCUT2D eigenvalue weighted by Gasteiger charge is 2.21. The topological polar surface area (TPSA) is 62.5 Å². The maximum absolute atomic E-state index is 9.12. The Morgan fingerprint density at radius 1 is 0.893 bits per heavy atom. The number of likely N-dealkylation sites (N-methyl/N-ethyl adjacent to an activating group) is 1. The average molecular weight is 377 g/mol. The van der Waals surface area contributed by atoms with Crippen LogP contribution < -0.4 is 14.7 Å². The minimum absolute atomic E-state index is 0.750. The van der Waals surface area contributed by atoms with Gasteiger partial charge >= 0.3 is 0 Å². The summed E-state index contributed by atoms with van der Waals surface area (Å²) in [6, 6.07) is 10.3. The molecule has 0 spiro atoms. The fourth-order valence-electron chi connectivity index (χ4n) is 3.84. The summed E-state index contributed by atoms with van der Waals surface area (Å²) in [4.78, 5) is 18.7. The van der Waals surface area contributed by atoms with E-state index in [2.05, 4.69) is 49.8 Å². The fourth-order valence-corrected chi connectivity index (χ4v) is 3.84. The number of rotatable bonds is 3.